The molecule has 1 aromatic carbocycles. The Bertz CT molecular complexity index is 917. The molecule has 0 unspecified atom stereocenters. The van der Waals surface area contributed by atoms with Gasteiger partial charge in [-0.3, -0.25) is 14.4 Å². The van der Waals surface area contributed by atoms with Crippen LogP contribution in [0.4, 0.5) is 0 Å². The lowest BCUT2D eigenvalue weighted by atomic mass is 9.78. The molecule has 0 bridgehead atoms. The molecule has 0 amide bonds. The first-order chi connectivity index (χ1) is 18.7. The van der Waals surface area contributed by atoms with Crippen LogP contribution in [0.2, 0.25) is 0 Å². The van der Waals surface area contributed by atoms with Gasteiger partial charge in [0.15, 0.2) is 0 Å². The molecule has 4 atom stereocenters. The quantitative estimate of drug-likeness (QED) is 0.273. The summed E-state index contributed by atoms with van der Waals surface area (Å²) in [6, 6.07) is 10.00. The molecular weight excluding hydrogens is 506 g/mol. The number of hydrogen-bond donors (Lipinski definition) is 1. The molecule has 7 heteroatoms. The van der Waals surface area contributed by atoms with Gasteiger partial charge in [0.2, 0.25) is 0 Å². The van der Waals surface area contributed by atoms with Crippen LogP contribution in [-0.2, 0) is 35.2 Å². The molecule has 226 valence electrons. The Labute approximate surface area is 241 Å². The molecule has 0 heterocycles. The van der Waals surface area contributed by atoms with E-state index in [2.05, 4.69) is 0 Å². The van der Waals surface area contributed by atoms with Crippen LogP contribution < -0.4 is 5.73 Å². The largest absolute Gasteiger partial charge is 0.461 e. The molecule has 2 aliphatic carbocycles. The van der Waals surface area contributed by atoms with Gasteiger partial charge in [0.05, 0.1) is 0 Å². The minimum atomic E-state index is -0.438. The Morgan fingerprint density at radius 2 is 1.15 bits per heavy atom. The summed E-state index contributed by atoms with van der Waals surface area (Å²) in [5, 5.41) is 0. The SMILES string of the molecule is CC(C)(C)OC(=O)C[C@@H]1CCC[C@H](CC(=O)OCc2ccccc2)C1.CC(C)(C)OC(=O)C[C@@H]1CCC[C@H](N)C1. The zero-order valence-electron chi connectivity index (χ0n) is 25.7. The summed E-state index contributed by atoms with van der Waals surface area (Å²) < 4.78 is 16.1. The predicted molar refractivity (Wildman–Crippen MR) is 157 cm³/mol. The van der Waals surface area contributed by atoms with Gasteiger partial charge in [-0.1, -0.05) is 43.2 Å². The topological polar surface area (TPSA) is 105 Å². The third-order valence-electron chi connectivity index (χ3n) is 7.16. The van der Waals surface area contributed by atoms with Crippen molar-refractivity contribution in [3.63, 3.8) is 0 Å². The van der Waals surface area contributed by atoms with E-state index in [0.29, 0.717) is 43.6 Å². The number of esters is 3. The maximum atomic E-state index is 12.1. The van der Waals surface area contributed by atoms with E-state index in [1.165, 1.54) is 0 Å². The Kier molecular flexibility index (Phi) is 13.6. The zero-order valence-corrected chi connectivity index (χ0v) is 25.7. The number of carbonyl (C=O) groups excluding carboxylic acids is 3. The fourth-order valence-electron chi connectivity index (χ4n) is 5.56. The van der Waals surface area contributed by atoms with Crippen molar-refractivity contribution in [3.05, 3.63) is 35.9 Å². The summed E-state index contributed by atoms with van der Waals surface area (Å²) in [7, 11) is 0. The van der Waals surface area contributed by atoms with Crippen LogP contribution in [0.15, 0.2) is 30.3 Å². The second-order valence-corrected chi connectivity index (χ2v) is 13.6. The van der Waals surface area contributed by atoms with Crippen molar-refractivity contribution < 1.29 is 28.6 Å². The monoisotopic (exact) mass is 559 g/mol. The minimum absolute atomic E-state index is 0.0819. The number of hydrogen-bond acceptors (Lipinski definition) is 7. The second kappa shape index (κ2) is 16.1. The minimum Gasteiger partial charge on any atom is -0.461 e. The molecule has 0 spiro atoms. The predicted octanol–water partition coefficient (Wildman–Crippen LogP) is 6.89. The summed E-state index contributed by atoms with van der Waals surface area (Å²) in [5.74, 6) is 0.696. The van der Waals surface area contributed by atoms with Crippen molar-refractivity contribution in [2.24, 2.45) is 23.5 Å². The number of carbonyl (C=O) groups is 3. The molecular formula is C33H53NO6. The molecule has 0 aliphatic heterocycles. The molecule has 0 aromatic heterocycles. The van der Waals surface area contributed by atoms with E-state index in [-0.39, 0.29) is 29.6 Å². The Morgan fingerprint density at radius 3 is 1.62 bits per heavy atom. The van der Waals surface area contributed by atoms with Crippen LogP contribution in [0.3, 0.4) is 0 Å². The summed E-state index contributed by atoms with van der Waals surface area (Å²) in [5.41, 5.74) is 6.07. The van der Waals surface area contributed by atoms with Gasteiger partial charge in [0, 0.05) is 25.3 Å². The van der Waals surface area contributed by atoms with E-state index in [4.69, 9.17) is 19.9 Å². The molecule has 7 nitrogen and oxygen atoms in total. The lowest BCUT2D eigenvalue weighted by Gasteiger charge is -2.29. The molecule has 2 fully saturated rings. The molecule has 40 heavy (non-hydrogen) atoms. The van der Waals surface area contributed by atoms with Gasteiger partial charge < -0.3 is 19.9 Å². The first-order valence-corrected chi connectivity index (χ1v) is 15.1. The first-order valence-electron chi connectivity index (χ1n) is 15.1. The average Bonchev–Trinajstić information content (AvgIpc) is 2.81. The van der Waals surface area contributed by atoms with Crippen LogP contribution in [-0.4, -0.2) is 35.2 Å². The van der Waals surface area contributed by atoms with Gasteiger partial charge >= 0.3 is 17.9 Å². The van der Waals surface area contributed by atoms with Crippen molar-refractivity contribution in [1.82, 2.24) is 0 Å². The molecule has 0 radical (unpaired) electrons. The summed E-state index contributed by atoms with van der Waals surface area (Å²) in [6.07, 6.45) is 9.80. The maximum absolute atomic E-state index is 12.1. The lowest BCUT2D eigenvalue weighted by Crippen LogP contribution is -2.31. The molecule has 3 rings (SSSR count). The fourth-order valence-corrected chi connectivity index (χ4v) is 5.56. The van der Waals surface area contributed by atoms with Gasteiger partial charge in [-0.2, -0.15) is 0 Å². The van der Waals surface area contributed by atoms with E-state index in [1.54, 1.807) is 0 Å². The van der Waals surface area contributed by atoms with Crippen LogP contribution in [0, 0.1) is 17.8 Å². The van der Waals surface area contributed by atoms with E-state index in [0.717, 1.165) is 56.9 Å². The summed E-state index contributed by atoms with van der Waals surface area (Å²) in [4.78, 5) is 35.7. The van der Waals surface area contributed by atoms with E-state index >= 15 is 0 Å². The van der Waals surface area contributed by atoms with Crippen molar-refractivity contribution in [1.29, 1.82) is 0 Å². The molecule has 1 aromatic rings. The normalized spacial score (nSPS) is 23.3. The van der Waals surface area contributed by atoms with Gasteiger partial charge in [-0.25, -0.2) is 0 Å². The van der Waals surface area contributed by atoms with E-state index in [1.807, 2.05) is 71.9 Å². The third kappa shape index (κ3) is 15.4. The third-order valence-corrected chi connectivity index (χ3v) is 7.16. The van der Waals surface area contributed by atoms with Crippen molar-refractivity contribution in [3.8, 4) is 0 Å². The summed E-state index contributed by atoms with van der Waals surface area (Å²) in [6.45, 7) is 11.7. The van der Waals surface area contributed by atoms with Gasteiger partial charge in [0.25, 0.3) is 0 Å². The van der Waals surface area contributed by atoms with Crippen LogP contribution in [0.25, 0.3) is 0 Å². The van der Waals surface area contributed by atoms with Gasteiger partial charge in [0.1, 0.15) is 17.8 Å². The Balaban J connectivity index is 0.000000319. The summed E-state index contributed by atoms with van der Waals surface area (Å²) >= 11 is 0. The van der Waals surface area contributed by atoms with Crippen molar-refractivity contribution >= 4 is 17.9 Å². The van der Waals surface area contributed by atoms with E-state index in [9.17, 15) is 14.4 Å². The van der Waals surface area contributed by atoms with Gasteiger partial charge in [-0.05, 0) is 103 Å². The highest BCUT2D eigenvalue weighted by atomic mass is 16.6. The zero-order chi connectivity index (χ0) is 29.8. The number of ether oxygens (including phenoxy) is 3. The number of nitrogens with two attached hydrogens (primary N) is 1. The number of benzene rings is 1. The Hall–Kier alpha value is -2.41. The lowest BCUT2D eigenvalue weighted by molar-refractivity contribution is -0.157. The highest BCUT2D eigenvalue weighted by Crippen LogP contribution is 2.34. The molecule has 2 saturated carbocycles. The second-order valence-electron chi connectivity index (χ2n) is 13.6. The molecule has 2 aliphatic rings. The number of rotatable bonds is 8. The maximum Gasteiger partial charge on any atom is 0.306 e. The van der Waals surface area contributed by atoms with Crippen LogP contribution >= 0.6 is 0 Å². The fraction of sp³-hybridized carbons (Fsp3) is 0.727. The standard InChI is InChI=1S/C21H30O4.C12H23NO2/c1-21(2,3)25-20(23)14-18-11-7-10-17(12-18)13-19(22)24-15-16-8-5-4-6-9-16;1-12(2,3)15-11(14)8-9-5-4-6-10(13)7-9/h4-6,8-9,17-18H,7,10-15H2,1-3H3;9-10H,4-8,13H2,1-3H3/t17-,18+;9-,10+/m01/s1. The Morgan fingerprint density at radius 1 is 0.700 bits per heavy atom. The van der Waals surface area contributed by atoms with E-state index < -0.39 is 5.60 Å². The highest BCUT2D eigenvalue weighted by molar-refractivity contribution is 5.71. The highest BCUT2D eigenvalue weighted by Gasteiger charge is 2.28. The first kappa shape index (κ1) is 33.8. The van der Waals surface area contributed by atoms with Crippen molar-refractivity contribution in [2.75, 3.05) is 0 Å². The van der Waals surface area contributed by atoms with Crippen LogP contribution in [0.1, 0.15) is 118 Å². The molecule has 0 saturated heterocycles. The van der Waals surface area contributed by atoms with Gasteiger partial charge in [-0.15, -0.1) is 0 Å². The molecule has 2 N–H and O–H groups in total. The smallest absolute Gasteiger partial charge is 0.306 e. The van der Waals surface area contributed by atoms with Crippen LogP contribution in [0.5, 0.6) is 0 Å². The van der Waals surface area contributed by atoms with Crippen molar-refractivity contribution in [2.45, 2.75) is 136 Å². The average molecular weight is 560 g/mol.